The number of aliphatic imine (C=N–C) groups is 2. The molecule has 0 saturated heterocycles. The molecule has 1 heterocycles. The zero-order valence-electron chi connectivity index (χ0n) is 19.4. The lowest BCUT2D eigenvalue weighted by Crippen LogP contribution is -2.31. The molecule has 0 aliphatic rings. The van der Waals surface area contributed by atoms with Crippen LogP contribution >= 0.6 is 0 Å². The van der Waals surface area contributed by atoms with E-state index in [-0.39, 0.29) is 11.6 Å². The van der Waals surface area contributed by atoms with Gasteiger partial charge in [-0.2, -0.15) is 5.10 Å². The molecular weight excluding hydrogens is 452 g/mol. The summed E-state index contributed by atoms with van der Waals surface area (Å²) < 4.78 is 28.6. The number of benzene rings is 2. The van der Waals surface area contributed by atoms with Crippen LogP contribution in [0.2, 0.25) is 0 Å². The van der Waals surface area contributed by atoms with Crippen LogP contribution in [-0.2, 0) is 11.3 Å². The summed E-state index contributed by atoms with van der Waals surface area (Å²) in [6.45, 7) is 7.83. The highest BCUT2D eigenvalue weighted by atomic mass is 19.1. The summed E-state index contributed by atoms with van der Waals surface area (Å²) in [4.78, 5) is 25.4. The fourth-order valence-electron chi connectivity index (χ4n) is 3.32. The molecular formula is C25H27F2N7O. The van der Waals surface area contributed by atoms with Crippen molar-refractivity contribution in [3.63, 3.8) is 0 Å². The average molecular weight is 480 g/mol. The van der Waals surface area contributed by atoms with Gasteiger partial charge < -0.3 is 10.2 Å². The zero-order chi connectivity index (χ0) is 25.0. The Morgan fingerprint density at radius 3 is 2.37 bits per heavy atom. The van der Waals surface area contributed by atoms with Crippen molar-refractivity contribution in [2.75, 3.05) is 19.6 Å². The molecule has 2 aromatic carbocycles. The van der Waals surface area contributed by atoms with Gasteiger partial charge in [-0.3, -0.25) is 4.79 Å². The van der Waals surface area contributed by atoms with Crippen molar-refractivity contribution in [1.82, 2.24) is 25.0 Å². The third-order valence-electron chi connectivity index (χ3n) is 5.07. The molecule has 0 unspecified atom stereocenters. The van der Waals surface area contributed by atoms with Gasteiger partial charge in [0.2, 0.25) is 6.41 Å². The van der Waals surface area contributed by atoms with Crippen molar-refractivity contribution in [2.45, 2.75) is 19.9 Å². The number of halogens is 2. The van der Waals surface area contributed by atoms with Crippen LogP contribution in [0.15, 0.2) is 70.9 Å². The third-order valence-corrected chi connectivity index (χ3v) is 5.07. The predicted molar refractivity (Wildman–Crippen MR) is 133 cm³/mol. The van der Waals surface area contributed by atoms with E-state index in [1.807, 2.05) is 4.90 Å². The molecule has 35 heavy (non-hydrogen) atoms. The number of hydrogen-bond acceptors (Lipinski definition) is 5. The van der Waals surface area contributed by atoms with Crippen LogP contribution in [0.3, 0.4) is 0 Å². The van der Waals surface area contributed by atoms with Gasteiger partial charge in [-0.15, -0.1) is 0 Å². The number of hydrogen-bond donors (Lipinski definition) is 1. The maximum absolute atomic E-state index is 13.5. The van der Waals surface area contributed by atoms with Crippen molar-refractivity contribution >= 4 is 19.0 Å². The molecule has 10 heteroatoms. The van der Waals surface area contributed by atoms with E-state index in [2.05, 4.69) is 32.0 Å². The lowest BCUT2D eigenvalue weighted by atomic mass is 10.2. The van der Waals surface area contributed by atoms with Crippen LogP contribution in [0.1, 0.15) is 13.3 Å². The van der Waals surface area contributed by atoms with Gasteiger partial charge in [0.1, 0.15) is 23.8 Å². The SMILES string of the molecule is C=C(/N=C\N=CC)N(CCCn1nc(-c2ccc(F)cc2)nc1-c1ccc(F)cc1)CCNC=O. The van der Waals surface area contributed by atoms with Gasteiger partial charge in [-0.25, -0.2) is 28.4 Å². The molecule has 0 fully saturated rings. The summed E-state index contributed by atoms with van der Waals surface area (Å²) in [5, 5.41) is 7.27. The molecule has 0 atom stereocenters. The van der Waals surface area contributed by atoms with E-state index in [0.717, 1.165) is 0 Å². The summed E-state index contributed by atoms with van der Waals surface area (Å²) in [6, 6.07) is 12.0. The Bertz CT molecular complexity index is 1170. The molecule has 0 saturated carbocycles. The Hall–Kier alpha value is -4.21. The zero-order valence-corrected chi connectivity index (χ0v) is 19.4. The van der Waals surface area contributed by atoms with E-state index in [4.69, 9.17) is 0 Å². The largest absolute Gasteiger partial charge is 0.357 e. The molecule has 1 N–H and O–H groups in total. The first-order valence-electron chi connectivity index (χ1n) is 11.1. The number of rotatable bonds is 13. The van der Waals surface area contributed by atoms with Gasteiger partial charge in [0, 0.05) is 43.5 Å². The van der Waals surface area contributed by atoms with Gasteiger partial charge in [0.05, 0.1) is 0 Å². The Kier molecular flexibility index (Phi) is 9.35. The number of nitrogens with zero attached hydrogens (tertiary/aromatic N) is 6. The smallest absolute Gasteiger partial charge is 0.207 e. The van der Waals surface area contributed by atoms with Gasteiger partial charge >= 0.3 is 0 Å². The summed E-state index contributed by atoms with van der Waals surface area (Å²) in [5.74, 6) is 0.858. The number of aromatic nitrogens is 3. The summed E-state index contributed by atoms with van der Waals surface area (Å²) in [6.07, 6.45) is 4.34. The normalized spacial score (nSPS) is 11.3. The topological polar surface area (TPSA) is 87.8 Å². The van der Waals surface area contributed by atoms with Crippen LogP contribution in [0.25, 0.3) is 22.8 Å². The molecule has 3 rings (SSSR count). The number of nitrogens with one attached hydrogen (secondary N) is 1. The fraction of sp³-hybridized carbons (Fsp3) is 0.240. The fourth-order valence-corrected chi connectivity index (χ4v) is 3.32. The average Bonchev–Trinajstić information content (AvgIpc) is 3.28. The maximum Gasteiger partial charge on any atom is 0.207 e. The van der Waals surface area contributed by atoms with E-state index < -0.39 is 0 Å². The maximum atomic E-state index is 13.5. The minimum atomic E-state index is -0.344. The highest BCUT2D eigenvalue weighted by Gasteiger charge is 2.15. The van der Waals surface area contributed by atoms with E-state index in [1.165, 1.54) is 30.6 Å². The summed E-state index contributed by atoms with van der Waals surface area (Å²) in [7, 11) is 0. The summed E-state index contributed by atoms with van der Waals surface area (Å²) >= 11 is 0. The van der Waals surface area contributed by atoms with Crippen molar-refractivity contribution in [3.8, 4) is 22.8 Å². The quantitative estimate of drug-likeness (QED) is 0.174. The number of carbonyl (C=O) groups excluding carboxylic acids is 1. The van der Waals surface area contributed by atoms with Gasteiger partial charge in [-0.1, -0.05) is 6.58 Å². The first-order chi connectivity index (χ1) is 17.0. The molecule has 0 aliphatic heterocycles. The Balaban J connectivity index is 1.79. The number of carbonyl (C=O) groups is 1. The van der Waals surface area contributed by atoms with Crippen molar-refractivity contribution in [1.29, 1.82) is 0 Å². The van der Waals surface area contributed by atoms with Crippen molar-refractivity contribution < 1.29 is 13.6 Å². The molecule has 0 bridgehead atoms. The van der Waals surface area contributed by atoms with Crippen LogP contribution in [-0.4, -0.2) is 58.3 Å². The van der Waals surface area contributed by atoms with Crippen LogP contribution in [0.4, 0.5) is 8.78 Å². The predicted octanol–water partition coefficient (Wildman–Crippen LogP) is 3.92. The van der Waals surface area contributed by atoms with Crippen LogP contribution in [0, 0.1) is 11.6 Å². The lowest BCUT2D eigenvalue weighted by molar-refractivity contribution is -0.109. The molecule has 182 valence electrons. The minimum absolute atomic E-state index is 0.343. The second-order valence-electron chi connectivity index (χ2n) is 7.48. The first kappa shape index (κ1) is 25.4. The van der Waals surface area contributed by atoms with E-state index in [0.29, 0.717) is 67.6 Å². The van der Waals surface area contributed by atoms with Crippen LogP contribution in [0.5, 0.6) is 0 Å². The molecule has 1 aromatic heterocycles. The van der Waals surface area contributed by atoms with Gasteiger partial charge in [0.15, 0.2) is 11.6 Å². The molecule has 0 radical (unpaired) electrons. The Labute approximate surface area is 202 Å². The van der Waals surface area contributed by atoms with E-state index in [9.17, 15) is 13.6 Å². The lowest BCUT2D eigenvalue weighted by Gasteiger charge is -2.23. The Morgan fingerprint density at radius 1 is 1.09 bits per heavy atom. The number of aryl methyl sites for hydroxylation is 1. The van der Waals surface area contributed by atoms with Gasteiger partial charge in [-0.05, 0) is 61.9 Å². The number of amides is 1. The highest BCUT2D eigenvalue weighted by Crippen LogP contribution is 2.23. The van der Waals surface area contributed by atoms with Crippen molar-refractivity contribution in [3.05, 3.63) is 72.6 Å². The second kappa shape index (κ2) is 12.9. The first-order valence-corrected chi connectivity index (χ1v) is 11.1. The second-order valence-corrected chi connectivity index (χ2v) is 7.48. The summed E-state index contributed by atoms with van der Waals surface area (Å²) in [5.41, 5.74) is 1.39. The highest BCUT2D eigenvalue weighted by molar-refractivity contribution is 5.71. The van der Waals surface area contributed by atoms with Gasteiger partial charge in [0.25, 0.3) is 0 Å². The molecule has 1 amide bonds. The Morgan fingerprint density at radius 2 is 1.74 bits per heavy atom. The standard InChI is InChI=1S/C25H27F2N7O/c1-3-28-17-30-19(2)33(16-13-29-18-35)14-4-15-34-25(21-7-11-23(27)12-8-21)31-24(32-34)20-5-9-22(26)10-6-20/h3,5-12,17-18H,2,4,13-16H2,1H3,(H,29,35)/b28-3?,30-17-. The molecule has 0 spiro atoms. The minimum Gasteiger partial charge on any atom is -0.357 e. The third kappa shape index (κ3) is 7.39. The molecule has 8 nitrogen and oxygen atoms in total. The van der Waals surface area contributed by atoms with Crippen molar-refractivity contribution in [2.24, 2.45) is 9.98 Å². The van der Waals surface area contributed by atoms with E-state index >= 15 is 0 Å². The molecule has 3 aromatic rings. The van der Waals surface area contributed by atoms with Crippen LogP contribution < -0.4 is 5.32 Å². The van der Waals surface area contributed by atoms with E-state index in [1.54, 1.807) is 42.1 Å². The molecule has 0 aliphatic carbocycles. The monoisotopic (exact) mass is 479 g/mol.